The van der Waals surface area contributed by atoms with E-state index in [1.165, 1.54) is 0 Å². The first-order valence-corrected chi connectivity index (χ1v) is 10.3. The molecular weight excluding hydrogens is 412 g/mol. The lowest BCUT2D eigenvalue weighted by Crippen LogP contribution is -2.52. The van der Waals surface area contributed by atoms with Crippen LogP contribution in [0.4, 0.5) is 0 Å². The molecule has 1 aliphatic carbocycles. The SMILES string of the molecule is O=C1CCC(N2Cc3c(cccc3C3C=CC3COCCBr)C2=O)C(=O)N1. The summed E-state index contributed by atoms with van der Waals surface area (Å²) in [6.45, 7) is 1.74. The highest BCUT2D eigenvalue weighted by atomic mass is 79.9. The molecule has 0 saturated carbocycles. The molecule has 2 heterocycles. The average Bonchev–Trinajstić information content (AvgIpc) is 2.96. The Morgan fingerprint density at radius 2 is 2.07 bits per heavy atom. The summed E-state index contributed by atoms with van der Waals surface area (Å²) in [6.07, 6.45) is 4.94. The summed E-state index contributed by atoms with van der Waals surface area (Å²) >= 11 is 3.36. The van der Waals surface area contributed by atoms with E-state index in [1.807, 2.05) is 12.1 Å². The van der Waals surface area contributed by atoms with E-state index in [4.69, 9.17) is 4.74 Å². The molecule has 3 unspecified atom stereocenters. The van der Waals surface area contributed by atoms with Gasteiger partial charge in [-0.1, -0.05) is 40.2 Å². The molecule has 27 heavy (non-hydrogen) atoms. The molecular formula is C20H21BrN2O4. The van der Waals surface area contributed by atoms with Crippen LogP contribution in [0, 0.1) is 5.92 Å². The number of amides is 3. The monoisotopic (exact) mass is 432 g/mol. The van der Waals surface area contributed by atoms with Crippen LogP contribution in [0.1, 0.15) is 40.2 Å². The van der Waals surface area contributed by atoms with Crippen molar-refractivity contribution < 1.29 is 19.1 Å². The maximum absolute atomic E-state index is 12.9. The van der Waals surface area contributed by atoms with E-state index in [-0.39, 0.29) is 30.1 Å². The molecule has 142 valence electrons. The average molecular weight is 433 g/mol. The van der Waals surface area contributed by atoms with Crippen molar-refractivity contribution in [3.63, 3.8) is 0 Å². The summed E-state index contributed by atoms with van der Waals surface area (Å²) in [6, 6.07) is 5.21. The fourth-order valence-electron chi connectivity index (χ4n) is 4.07. The summed E-state index contributed by atoms with van der Waals surface area (Å²) in [7, 11) is 0. The number of fused-ring (bicyclic) bond motifs is 1. The second-order valence-corrected chi connectivity index (χ2v) is 7.90. The maximum Gasteiger partial charge on any atom is 0.255 e. The highest BCUT2D eigenvalue weighted by Crippen LogP contribution is 2.41. The lowest BCUT2D eigenvalue weighted by Gasteiger charge is -2.32. The first-order valence-electron chi connectivity index (χ1n) is 9.18. The summed E-state index contributed by atoms with van der Waals surface area (Å²) in [5, 5.41) is 3.16. The van der Waals surface area contributed by atoms with E-state index in [9.17, 15) is 14.4 Å². The van der Waals surface area contributed by atoms with Crippen molar-refractivity contribution in [3.8, 4) is 0 Å². The minimum atomic E-state index is -0.578. The largest absolute Gasteiger partial charge is 0.380 e. The van der Waals surface area contributed by atoms with Gasteiger partial charge in [0.2, 0.25) is 11.8 Å². The van der Waals surface area contributed by atoms with E-state index in [0.717, 1.165) is 16.5 Å². The molecule has 6 nitrogen and oxygen atoms in total. The number of nitrogens with zero attached hydrogens (tertiary/aromatic N) is 1. The Morgan fingerprint density at radius 1 is 1.22 bits per heavy atom. The van der Waals surface area contributed by atoms with E-state index >= 15 is 0 Å². The third kappa shape index (κ3) is 3.34. The lowest BCUT2D eigenvalue weighted by atomic mass is 9.76. The summed E-state index contributed by atoms with van der Waals surface area (Å²) in [5.74, 6) is -0.248. The zero-order valence-corrected chi connectivity index (χ0v) is 16.4. The van der Waals surface area contributed by atoms with Gasteiger partial charge in [0, 0.05) is 35.7 Å². The topological polar surface area (TPSA) is 75.7 Å². The van der Waals surface area contributed by atoms with E-state index in [1.54, 1.807) is 4.90 Å². The number of hydrogen-bond acceptors (Lipinski definition) is 4. The van der Waals surface area contributed by atoms with E-state index in [0.29, 0.717) is 37.7 Å². The van der Waals surface area contributed by atoms with Crippen molar-refractivity contribution in [2.75, 3.05) is 18.5 Å². The minimum absolute atomic E-state index is 0.128. The molecule has 7 heteroatoms. The van der Waals surface area contributed by atoms with Crippen molar-refractivity contribution in [3.05, 3.63) is 47.0 Å². The van der Waals surface area contributed by atoms with Crippen LogP contribution in [0.25, 0.3) is 0 Å². The normalized spacial score (nSPS) is 26.8. The molecule has 1 aromatic rings. The Morgan fingerprint density at radius 3 is 2.78 bits per heavy atom. The number of carbonyl (C=O) groups is 3. The van der Waals surface area contributed by atoms with Crippen molar-refractivity contribution in [2.45, 2.75) is 31.3 Å². The molecule has 2 aliphatic heterocycles. The minimum Gasteiger partial charge on any atom is -0.380 e. The van der Waals surface area contributed by atoms with Crippen LogP contribution in [0.2, 0.25) is 0 Å². The number of alkyl halides is 1. The molecule has 0 radical (unpaired) electrons. The van der Waals surface area contributed by atoms with Gasteiger partial charge in [-0.3, -0.25) is 19.7 Å². The van der Waals surface area contributed by atoms with Gasteiger partial charge in [-0.25, -0.2) is 0 Å². The number of allylic oxidation sites excluding steroid dienone is 1. The van der Waals surface area contributed by atoms with Gasteiger partial charge in [-0.15, -0.1) is 0 Å². The molecule has 1 fully saturated rings. The number of piperidine rings is 1. The highest BCUT2D eigenvalue weighted by molar-refractivity contribution is 9.09. The molecule has 0 bridgehead atoms. The van der Waals surface area contributed by atoms with Crippen LogP contribution in [-0.4, -0.2) is 47.2 Å². The number of carbonyl (C=O) groups excluding carboxylic acids is 3. The maximum atomic E-state index is 12.9. The predicted octanol–water partition coefficient (Wildman–Crippen LogP) is 2.13. The van der Waals surface area contributed by atoms with Crippen LogP contribution in [0.5, 0.6) is 0 Å². The predicted molar refractivity (Wildman–Crippen MR) is 102 cm³/mol. The van der Waals surface area contributed by atoms with Crippen LogP contribution in [0.15, 0.2) is 30.4 Å². The van der Waals surface area contributed by atoms with Crippen molar-refractivity contribution in [2.24, 2.45) is 5.92 Å². The fraction of sp³-hybridized carbons (Fsp3) is 0.450. The molecule has 3 atom stereocenters. The van der Waals surface area contributed by atoms with Crippen molar-refractivity contribution in [1.82, 2.24) is 10.2 Å². The van der Waals surface area contributed by atoms with Gasteiger partial charge in [0.05, 0.1) is 13.2 Å². The number of rotatable bonds is 6. The third-order valence-corrected chi connectivity index (χ3v) is 5.86. The molecule has 1 saturated heterocycles. The molecule has 1 aromatic carbocycles. The van der Waals surface area contributed by atoms with E-state index < -0.39 is 6.04 Å². The van der Waals surface area contributed by atoms with Gasteiger partial charge >= 0.3 is 0 Å². The molecule has 0 spiro atoms. The Kier molecular flexibility index (Phi) is 5.14. The van der Waals surface area contributed by atoms with Crippen LogP contribution in [0.3, 0.4) is 0 Å². The quantitative estimate of drug-likeness (QED) is 0.323. The van der Waals surface area contributed by atoms with Crippen molar-refractivity contribution >= 4 is 33.7 Å². The first kappa shape index (κ1) is 18.4. The molecule has 3 aliphatic rings. The Bertz CT molecular complexity index is 822. The van der Waals surface area contributed by atoms with Crippen LogP contribution >= 0.6 is 15.9 Å². The van der Waals surface area contributed by atoms with Crippen LogP contribution in [-0.2, 0) is 20.9 Å². The Balaban J connectivity index is 1.54. The molecule has 1 N–H and O–H groups in total. The third-order valence-electron chi connectivity index (χ3n) is 5.54. The second-order valence-electron chi connectivity index (χ2n) is 7.11. The summed E-state index contributed by atoms with van der Waals surface area (Å²) < 4.78 is 5.66. The van der Waals surface area contributed by atoms with Gasteiger partial charge in [-0.2, -0.15) is 0 Å². The number of ether oxygens (including phenoxy) is 1. The Hall–Kier alpha value is -1.99. The molecule has 3 amide bonds. The first-order chi connectivity index (χ1) is 13.1. The van der Waals surface area contributed by atoms with Crippen molar-refractivity contribution in [1.29, 1.82) is 0 Å². The van der Waals surface area contributed by atoms with Crippen LogP contribution < -0.4 is 5.32 Å². The second kappa shape index (κ2) is 7.56. The number of halogens is 1. The van der Waals surface area contributed by atoms with Gasteiger partial charge in [0.1, 0.15) is 6.04 Å². The van der Waals surface area contributed by atoms with Gasteiger partial charge in [0.25, 0.3) is 5.91 Å². The molecule has 4 rings (SSSR count). The van der Waals surface area contributed by atoms with Gasteiger partial charge in [-0.05, 0) is 23.6 Å². The highest BCUT2D eigenvalue weighted by Gasteiger charge is 2.41. The lowest BCUT2D eigenvalue weighted by molar-refractivity contribution is -0.136. The Labute approximate surface area is 166 Å². The number of hydrogen-bond donors (Lipinski definition) is 1. The number of imide groups is 1. The number of nitrogens with one attached hydrogen (secondary N) is 1. The number of benzene rings is 1. The zero-order chi connectivity index (χ0) is 19.0. The summed E-state index contributed by atoms with van der Waals surface area (Å²) in [5.41, 5.74) is 2.79. The smallest absolute Gasteiger partial charge is 0.255 e. The van der Waals surface area contributed by atoms with Gasteiger partial charge in [0.15, 0.2) is 0 Å². The molecule has 0 aromatic heterocycles. The zero-order valence-electron chi connectivity index (χ0n) is 14.8. The summed E-state index contributed by atoms with van der Waals surface area (Å²) in [4.78, 5) is 38.1. The van der Waals surface area contributed by atoms with E-state index in [2.05, 4.69) is 39.5 Å². The van der Waals surface area contributed by atoms with Gasteiger partial charge < -0.3 is 9.64 Å². The fourth-order valence-corrected chi connectivity index (χ4v) is 4.30. The standard InChI is InChI=1S/C20H21BrN2O4/c21-8-9-27-11-12-4-5-13(12)14-2-1-3-15-16(14)10-23(20(15)26)17-6-7-18(24)22-19(17)25/h1-5,12-13,17H,6-11H2,(H,22,24,25).